The Morgan fingerprint density at radius 2 is 1.66 bits per heavy atom. The van der Waals surface area contributed by atoms with Crippen molar-refractivity contribution in [2.24, 2.45) is 0 Å². The van der Waals surface area contributed by atoms with Gasteiger partial charge in [0.05, 0.1) is 17.0 Å². The van der Waals surface area contributed by atoms with Crippen molar-refractivity contribution in [1.82, 2.24) is 10.2 Å². The number of nitrogens with zero attached hydrogens (tertiary/aromatic N) is 2. The molecule has 0 unspecified atom stereocenters. The maximum absolute atomic E-state index is 14.1. The number of hydrogen-bond donors (Lipinski definition) is 1. The Labute approximate surface area is 250 Å². The molecule has 0 spiro atoms. The van der Waals surface area contributed by atoms with E-state index < -0.39 is 34.3 Å². The molecule has 0 heterocycles. The van der Waals surface area contributed by atoms with Crippen LogP contribution >= 0.6 is 23.2 Å². The molecule has 41 heavy (non-hydrogen) atoms. The molecular weight excluding hydrogens is 588 g/mol. The number of carbonyl (C=O) groups excluding carboxylic acids is 2. The van der Waals surface area contributed by atoms with E-state index in [0.29, 0.717) is 10.6 Å². The molecule has 218 valence electrons. The second-order valence-corrected chi connectivity index (χ2v) is 13.0. The lowest BCUT2D eigenvalue weighted by Crippen LogP contribution is -2.54. The van der Waals surface area contributed by atoms with Gasteiger partial charge in [-0.2, -0.15) is 0 Å². The third kappa shape index (κ3) is 8.44. The summed E-state index contributed by atoms with van der Waals surface area (Å²) in [6.45, 7) is -0.611. The third-order valence-corrected chi connectivity index (χ3v) is 8.75. The number of carbonyl (C=O) groups is 2. The van der Waals surface area contributed by atoms with E-state index in [0.717, 1.165) is 53.9 Å². The van der Waals surface area contributed by atoms with Crippen LogP contribution < -0.4 is 9.62 Å². The Hall–Kier alpha value is -3.14. The number of anilines is 1. The lowest BCUT2D eigenvalue weighted by molar-refractivity contribution is -0.140. The van der Waals surface area contributed by atoms with Crippen molar-refractivity contribution in [1.29, 1.82) is 0 Å². The summed E-state index contributed by atoms with van der Waals surface area (Å²) in [6, 6.07) is 18.8. The topological polar surface area (TPSA) is 86.8 Å². The predicted molar refractivity (Wildman–Crippen MR) is 160 cm³/mol. The van der Waals surface area contributed by atoms with E-state index in [1.807, 2.05) is 30.3 Å². The molecular formula is C30H32Cl2FN3O4S. The van der Waals surface area contributed by atoms with E-state index in [1.54, 1.807) is 24.3 Å². The molecule has 0 saturated heterocycles. The molecule has 11 heteroatoms. The number of amides is 2. The minimum absolute atomic E-state index is 0.0107. The molecule has 1 atom stereocenters. The van der Waals surface area contributed by atoms with Crippen molar-refractivity contribution in [3.63, 3.8) is 0 Å². The van der Waals surface area contributed by atoms with Crippen molar-refractivity contribution < 1.29 is 22.4 Å². The van der Waals surface area contributed by atoms with Gasteiger partial charge in [-0.3, -0.25) is 13.9 Å². The molecule has 0 radical (unpaired) electrons. The maximum atomic E-state index is 14.1. The summed E-state index contributed by atoms with van der Waals surface area (Å²) in [5.41, 5.74) is 1.55. The first kappa shape index (κ1) is 30.8. The Bertz CT molecular complexity index is 1480. The van der Waals surface area contributed by atoms with E-state index in [-0.39, 0.29) is 35.6 Å². The Morgan fingerprint density at radius 1 is 0.976 bits per heavy atom. The zero-order chi connectivity index (χ0) is 29.6. The number of benzene rings is 3. The van der Waals surface area contributed by atoms with Gasteiger partial charge in [-0.1, -0.05) is 78.5 Å². The third-order valence-electron chi connectivity index (χ3n) is 7.08. The van der Waals surface area contributed by atoms with Crippen LogP contribution in [0.2, 0.25) is 10.0 Å². The largest absolute Gasteiger partial charge is 0.352 e. The zero-order valence-electron chi connectivity index (χ0n) is 22.6. The van der Waals surface area contributed by atoms with Gasteiger partial charge in [-0.25, -0.2) is 12.8 Å². The van der Waals surface area contributed by atoms with Gasteiger partial charge in [0, 0.05) is 24.0 Å². The molecule has 0 aromatic heterocycles. The van der Waals surface area contributed by atoms with Crippen LogP contribution in [0.25, 0.3) is 0 Å². The molecule has 3 aromatic carbocycles. The first-order valence-corrected chi connectivity index (χ1v) is 15.9. The second-order valence-electron chi connectivity index (χ2n) is 10.2. The van der Waals surface area contributed by atoms with Gasteiger partial charge < -0.3 is 10.2 Å². The van der Waals surface area contributed by atoms with Gasteiger partial charge >= 0.3 is 0 Å². The summed E-state index contributed by atoms with van der Waals surface area (Å²) in [5, 5.41) is 3.29. The highest BCUT2D eigenvalue weighted by atomic mass is 35.5. The average molecular weight is 621 g/mol. The molecule has 3 aromatic rings. The van der Waals surface area contributed by atoms with Gasteiger partial charge in [0.15, 0.2) is 0 Å². The summed E-state index contributed by atoms with van der Waals surface area (Å²) in [4.78, 5) is 29.3. The van der Waals surface area contributed by atoms with Crippen LogP contribution in [0.1, 0.15) is 36.8 Å². The van der Waals surface area contributed by atoms with Gasteiger partial charge in [0.1, 0.15) is 18.4 Å². The van der Waals surface area contributed by atoms with Crippen molar-refractivity contribution >= 4 is 50.7 Å². The Kier molecular flexibility index (Phi) is 10.3. The van der Waals surface area contributed by atoms with Crippen molar-refractivity contribution in [3.8, 4) is 0 Å². The van der Waals surface area contributed by atoms with Crippen LogP contribution in [-0.4, -0.2) is 50.0 Å². The van der Waals surface area contributed by atoms with E-state index >= 15 is 0 Å². The Balaban J connectivity index is 1.73. The molecule has 1 aliphatic carbocycles. The van der Waals surface area contributed by atoms with Gasteiger partial charge in [-0.15, -0.1) is 0 Å². The minimum atomic E-state index is -4.00. The fraction of sp³-hybridized carbons (Fsp3) is 0.333. The molecule has 1 fully saturated rings. The molecule has 1 aliphatic rings. The van der Waals surface area contributed by atoms with E-state index in [4.69, 9.17) is 23.2 Å². The minimum Gasteiger partial charge on any atom is -0.352 e. The number of sulfonamides is 1. The lowest BCUT2D eigenvalue weighted by Gasteiger charge is -2.34. The van der Waals surface area contributed by atoms with Crippen molar-refractivity contribution in [2.75, 3.05) is 17.1 Å². The zero-order valence-corrected chi connectivity index (χ0v) is 24.9. The quantitative estimate of drug-likeness (QED) is 0.303. The lowest BCUT2D eigenvalue weighted by atomic mass is 10.0. The number of rotatable bonds is 11. The monoisotopic (exact) mass is 619 g/mol. The summed E-state index contributed by atoms with van der Waals surface area (Å²) in [7, 11) is -4.00. The first-order valence-electron chi connectivity index (χ1n) is 13.3. The van der Waals surface area contributed by atoms with E-state index in [9.17, 15) is 22.4 Å². The molecule has 2 amide bonds. The molecule has 0 bridgehead atoms. The van der Waals surface area contributed by atoms with Gasteiger partial charge in [-0.05, 0) is 54.3 Å². The highest BCUT2D eigenvalue weighted by molar-refractivity contribution is 7.92. The Morgan fingerprint density at radius 3 is 2.29 bits per heavy atom. The normalized spacial score (nSPS) is 14.4. The van der Waals surface area contributed by atoms with Crippen LogP contribution in [0, 0.1) is 5.82 Å². The molecule has 1 saturated carbocycles. The van der Waals surface area contributed by atoms with Gasteiger partial charge in [0.2, 0.25) is 21.8 Å². The van der Waals surface area contributed by atoms with Gasteiger partial charge in [0.25, 0.3) is 0 Å². The molecule has 1 N–H and O–H groups in total. The van der Waals surface area contributed by atoms with Crippen LogP contribution in [0.15, 0.2) is 72.8 Å². The smallest absolute Gasteiger partial charge is 0.244 e. The first-order chi connectivity index (χ1) is 19.5. The van der Waals surface area contributed by atoms with Crippen LogP contribution in [0.4, 0.5) is 10.1 Å². The van der Waals surface area contributed by atoms with Crippen molar-refractivity contribution in [3.05, 3.63) is 99.8 Å². The number of halogens is 3. The predicted octanol–water partition coefficient (Wildman–Crippen LogP) is 5.60. The average Bonchev–Trinajstić information content (AvgIpc) is 3.44. The van der Waals surface area contributed by atoms with E-state index in [2.05, 4.69) is 5.32 Å². The molecule has 4 rings (SSSR count). The highest BCUT2D eigenvalue weighted by Crippen LogP contribution is 2.26. The fourth-order valence-electron chi connectivity index (χ4n) is 5.01. The molecule has 0 aliphatic heterocycles. The van der Waals surface area contributed by atoms with Crippen LogP contribution in [0.3, 0.4) is 0 Å². The number of hydrogen-bond acceptors (Lipinski definition) is 4. The number of nitrogens with one attached hydrogen (secondary N) is 1. The summed E-state index contributed by atoms with van der Waals surface area (Å²) < 4.78 is 40.4. The maximum Gasteiger partial charge on any atom is 0.244 e. The SMILES string of the molecule is CS(=O)(=O)N(CC(=O)N(Cc1cccc(Cl)c1)[C@@H](Cc1ccccc1)C(=O)NC1CCCC1)c1ccc(F)c(Cl)c1. The van der Waals surface area contributed by atoms with Crippen LogP contribution in [-0.2, 0) is 32.6 Å². The standard InChI is InChI=1S/C30H32Cl2FN3O4S/c1-41(39,40)36(25-14-15-27(33)26(32)18-25)20-29(37)35(19-22-10-7-11-23(31)16-22)28(17-21-8-3-2-4-9-21)30(38)34-24-12-5-6-13-24/h2-4,7-11,14-16,18,24,28H,5-6,12-13,17,19-20H2,1H3,(H,34,38)/t28-/m0/s1. The van der Waals surface area contributed by atoms with Crippen molar-refractivity contribution in [2.45, 2.75) is 50.7 Å². The van der Waals surface area contributed by atoms with E-state index in [1.165, 1.54) is 11.0 Å². The second kappa shape index (κ2) is 13.7. The summed E-state index contributed by atoms with van der Waals surface area (Å²) in [5.74, 6) is -1.64. The van der Waals surface area contributed by atoms with Crippen LogP contribution in [0.5, 0.6) is 0 Å². The highest BCUT2D eigenvalue weighted by Gasteiger charge is 2.34. The summed E-state index contributed by atoms with van der Waals surface area (Å²) >= 11 is 12.2. The molecule has 7 nitrogen and oxygen atoms in total. The fourth-order valence-corrected chi connectivity index (χ4v) is 6.24. The summed E-state index contributed by atoms with van der Waals surface area (Å²) in [6.07, 6.45) is 4.92.